The molecule has 1 N–H and O–H groups in total. The Kier molecular flexibility index (Phi) is 2.42. The molecule has 1 nitrogen and oxygen atoms in total. The number of benzene rings is 3. The first kappa shape index (κ1) is 11.9. The molecule has 1 atom stereocenters. The topological polar surface area (TPSA) is 20.2 Å². The van der Waals surface area contributed by atoms with E-state index in [9.17, 15) is 5.11 Å². The molecule has 0 aliphatic heterocycles. The van der Waals surface area contributed by atoms with Crippen LogP contribution in [0.1, 0.15) is 30.9 Å². The quantitative estimate of drug-likeness (QED) is 0.590. The van der Waals surface area contributed by atoms with E-state index in [1.807, 2.05) is 6.92 Å². The van der Waals surface area contributed by atoms with Gasteiger partial charge in [-0.05, 0) is 71.0 Å². The van der Waals surface area contributed by atoms with Gasteiger partial charge in [0.2, 0.25) is 0 Å². The van der Waals surface area contributed by atoms with Crippen LogP contribution in [0.25, 0.3) is 21.5 Å². The van der Waals surface area contributed by atoms with Crippen molar-refractivity contribution in [3.8, 4) is 0 Å². The molecule has 0 fully saturated rings. The third-order valence-electron chi connectivity index (χ3n) is 4.62. The van der Waals surface area contributed by atoms with Crippen LogP contribution in [0.3, 0.4) is 0 Å². The van der Waals surface area contributed by atoms with Crippen molar-refractivity contribution in [1.29, 1.82) is 0 Å². The smallest absolute Gasteiger partial charge is 0.0877 e. The van der Waals surface area contributed by atoms with Crippen LogP contribution in [-0.2, 0) is 12.0 Å². The first-order chi connectivity index (χ1) is 9.65. The lowest BCUT2D eigenvalue weighted by atomic mass is 9.77. The Morgan fingerprint density at radius 1 is 0.950 bits per heavy atom. The molecule has 3 aromatic carbocycles. The average Bonchev–Trinajstić information content (AvgIpc) is 2.44. The number of aliphatic hydroxyl groups is 1. The van der Waals surface area contributed by atoms with E-state index in [1.165, 1.54) is 27.1 Å². The standard InChI is InChI=1S/C19H18O/c1-19(20)10-4-7-13-8-9-16-11-14-5-2-3-6-15(14)12-17(16)18(13)19/h2-3,5-6,8-9,11-12,20H,4,7,10H2,1H3. The largest absolute Gasteiger partial charge is 0.385 e. The Bertz CT molecular complexity index is 814. The van der Waals surface area contributed by atoms with Gasteiger partial charge in [-0.15, -0.1) is 0 Å². The van der Waals surface area contributed by atoms with Crippen LogP contribution in [0.5, 0.6) is 0 Å². The Balaban J connectivity index is 2.14. The number of rotatable bonds is 0. The zero-order chi connectivity index (χ0) is 13.7. The van der Waals surface area contributed by atoms with E-state index in [-0.39, 0.29) is 0 Å². The summed E-state index contributed by atoms with van der Waals surface area (Å²) in [4.78, 5) is 0. The van der Waals surface area contributed by atoms with Gasteiger partial charge in [-0.25, -0.2) is 0 Å². The second-order valence-corrected chi connectivity index (χ2v) is 6.15. The van der Waals surface area contributed by atoms with Crippen molar-refractivity contribution in [2.24, 2.45) is 0 Å². The summed E-state index contributed by atoms with van der Waals surface area (Å²) in [6.45, 7) is 1.96. The van der Waals surface area contributed by atoms with Crippen LogP contribution in [0.15, 0.2) is 48.5 Å². The van der Waals surface area contributed by atoms with Gasteiger partial charge in [0.15, 0.2) is 0 Å². The molecule has 0 amide bonds. The molecule has 1 heteroatoms. The summed E-state index contributed by atoms with van der Waals surface area (Å²) < 4.78 is 0. The van der Waals surface area contributed by atoms with Gasteiger partial charge < -0.3 is 5.11 Å². The van der Waals surface area contributed by atoms with Crippen molar-refractivity contribution in [1.82, 2.24) is 0 Å². The summed E-state index contributed by atoms with van der Waals surface area (Å²) in [5, 5.41) is 15.7. The lowest BCUT2D eigenvalue weighted by Crippen LogP contribution is -2.27. The first-order valence-corrected chi connectivity index (χ1v) is 7.32. The van der Waals surface area contributed by atoms with E-state index >= 15 is 0 Å². The molecular weight excluding hydrogens is 244 g/mol. The maximum Gasteiger partial charge on any atom is 0.0877 e. The van der Waals surface area contributed by atoms with Crippen molar-refractivity contribution in [2.45, 2.75) is 31.8 Å². The predicted octanol–water partition coefficient (Wildman–Crippen LogP) is 4.54. The van der Waals surface area contributed by atoms with Crippen molar-refractivity contribution in [3.05, 3.63) is 59.7 Å². The number of hydrogen-bond acceptors (Lipinski definition) is 1. The molecule has 0 saturated carbocycles. The molecule has 1 unspecified atom stereocenters. The van der Waals surface area contributed by atoms with Crippen molar-refractivity contribution in [2.75, 3.05) is 0 Å². The predicted molar refractivity (Wildman–Crippen MR) is 84.0 cm³/mol. The number of hydrogen-bond donors (Lipinski definition) is 1. The molecule has 3 aromatic rings. The molecular formula is C19H18O. The molecule has 0 bridgehead atoms. The van der Waals surface area contributed by atoms with Crippen LogP contribution in [0.2, 0.25) is 0 Å². The van der Waals surface area contributed by atoms with E-state index in [0.29, 0.717) is 0 Å². The van der Waals surface area contributed by atoms with Crippen LogP contribution in [0, 0.1) is 0 Å². The minimum atomic E-state index is -0.699. The molecule has 0 saturated heterocycles. The highest BCUT2D eigenvalue weighted by atomic mass is 16.3. The summed E-state index contributed by atoms with van der Waals surface area (Å²) in [6.07, 6.45) is 3.00. The Morgan fingerprint density at radius 3 is 2.50 bits per heavy atom. The fraction of sp³-hybridized carbons (Fsp3) is 0.263. The van der Waals surface area contributed by atoms with Crippen LogP contribution >= 0.6 is 0 Å². The van der Waals surface area contributed by atoms with E-state index in [0.717, 1.165) is 24.8 Å². The summed E-state index contributed by atoms with van der Waals surface area (Å²) in [6, 6.07) is 17.3. The van der Waals surface area contributed by atoms with Crippen molar-refractivity contribution >= 4 is 21.5 Å². The number of fused-ring (bicyclic) bond motifs is 4. The molecule has 0 heterocycles. The second kappa shape index (κ2) is 4.07. The van der Waals surface area contributed by atoms with Crippen LogP contribution in [0.4, 0.5) is 0 Å². The van der Waals surface area contributed by atoms with Gasteiger partial charge in [0.1, 0.15) is 0 Å². The Labute approximate surface area is 118 Å². The first-order valence-electron chi connectivity index (χ1n) is 7.32. The highest BCUT2D eigenvalue weighted by Crippen LogP contribution is 2.40. The lowest BCUT2D eigenvalue weighted by molar-refractivity contribution is 0.0403. The van der Waals surface area contributed by atoms with Crippen LogP contribution < -0.4 is 0 Å². The van der Waals surface area contributed by atoms with Gasteiger partial charge >= 0.3 is 0 Å². The van der Waals surface area contributed by atoms with Gasteiger partial charge in [-0.1, -0.05) is 36.4 Å². The van der Waals surface area contributed by atoms with Gasteiger partial charge in [-0.2, -0.15) is 0 Å². The fourth-order valence-electron chi connectivity index (χ4n) is 3.65. The highest BCUT2D eigenvalue weighted by Gasteiger charge is 2.31. The minimum Gasteiger partial charge on any atom is -0.385 e. The average molecular weight is 262 g/mol. The van der Waals surface area contributed by atoms with Gasteiger partial charge in [0, 0.05) is 0 Å². The normalized spacial score (nSPS) is 22.1. The van der Waals surface area contributed by atoms with E-state index in [1.54, 1.807) is 0 Å². The maximum absolute atomic E-state index is 10.8. The van der Waals surface area contributed by atoms with Gasteiger partial charge in [0.25, 0.3) is 0 Å². The molecule has 1 aliphatic carbocycles. The molecule has 20 heavy (non-hydrogen) atoms. The summed E-state index contributed by atoms with van der Waals surface area (Å²) in [5.74, 6) is 0. The SMILES string of the molecule is CC1(O)CCCc2ccc3cc4ccccc4cc3c21. The summed E-state index contributed by atoms with van der Waals surface area (Å²) in [7, 11) is 0. The molecule has 100 valence electrons. The monoisotopic (exact) mass is 262 g/mol. The lowest BCUT2D eigenvalue weighted by Gasteiger charge is -2.32. The third-order valence-corrected chi connectivity index (χ3v) is 4.62. The number of aryl methyl sites for hydroxylation is 1. The minimum absolute atomic E-state index is 0.699. The highest BCUT2D eigenvalue weighted by molar-refractivity contribution is 6.00. The molecule has 0 radical (unpaired) electrons. The van der Waals surface area contributed by atoms with Gasteiger partial charge in [0.05, 0.1) is 5.60 Å². The zero-order valence-electron chi connectivity index (χ0n) is 11.7. The Morgan fingerprint density at radius 2 is 1.70 bits per heavy atom. The summed E-state index contributed by atoms with van der Waals surface area (Å²) >= 11 is 0. The molecule has 4 rings (SSSR count). The molecule has 0 aromatic heterocycles. The summed E-state index contributed by atoms with van der Waals surface area (Å²) in [5.41, 5.74) is 1.76. The zero-order valence-corrected chi connectivity index (χ0v) is 11.7. The van der Waals surface area contributed by atoms with E-state index < -0.39 is 5.60 Å². The van der Waals surface area contributed by atoms with Crippen molar-refractivity contribution < 1.29 is 5.11 Å². The maximum atomic E-state index is 10.8. The van der Waals surface area contributed by atoms with Gasteiger partial charge in [-0.3, -0.25) is 0 Å². The molecule has 0 spiro atoms. The molecule has 1 aliphatic rings. The van der Waals surface area contributed by atoms with Crippen molar-refractivity contribution in [3.63, 3.8) is 0 Å². The van der Waals surface area contributed by atoms with E-state index in [2.05, 4.69) is 48.5 Å². The van der Waals surface area contributed by atoms with E-state index in [4.69, 9.17) is 0 Å². The third kappa shape index (κ3) is 1.66. The van der Waals surface area contributed by atoms with Crippen LogP contribution in [-0.4, -0.2) is 5.11 Å². The fourth-order valence-corrected chi connectivity index (χ4v) is 3.65. The second-order valence-electron chi connectivity index (χ2n) is 6.15. The Hall–Kier alpha value is -1.86.